The number of hydrogen-bond acceptors (Lipinski definition) is 3. The van der Waals surface area contributed by atoms with E-state index in [9.17, 15) is 5.26 Å². The highest BCUT2D eigenvalue weighted by Crippen LogP contribution is 2.36. The maximum atomic E-state index is 9.19. The number of nitrogens with zero attached hydrogens (tertiary/aromatic N) is 2. The molecular formula is C14H15N3S. The third-order valence-electron chi connectivity index (χ3n) is 3.50. The fourth-order valence-corrected chi connectivity index (χ4v) is 3.77. The zero-order valence-corrected chi connectivity index (χ0v) is 10.9. The van der Waals surface area contributed by atoms with Crippen molar-refractivity contribution in [3.8, 4) is 6.07 Å². The predicted octanol–water partition coefficient (Wildman–Crippen LogP) is 3.74. The van der Waals surface area contributed by atoms with E-state index in [0.29, 0.717) is 5.25 Å². The number of hydrogen-bond donors (Lipinski definition) is 1. The molecule has 2 unspecified atom stereocenters. The quantitative estimate of drug-likeness (QED) is 0.891. The summed E-state index contributed by atoms with van der Waals surface area (Å²) in [4.78, 5) is 7.90. The molecule has 1 fully saturated rings. The van der Waals surface area contributed by atoms with Gasteiger partial charge in [-0.15, -0.1) is 0 Å². The Hall–Kier alpha value is -1.47. The molecule has 1 saturated carbocycles. The van der Waals surface area contributed by atoms with Gasteiger partial charge in [0.25, 0.3) is 0 Å². The molecule has 92 valence electrons. The van der Waals surface area contributed by atoms with Crippen LogP contribution in [0, 0.1) is 17.2 Å². The molecule has 3 nitrogen and oxygen atoms in total. The number of imidazole rings is 1. The normalized spacial score (nSPS) is 23.9. The lowest BCUT2D eigenvalue weighted by Gasteiger charge is -2.24. The molecule has 0 spiro atoms. The minimum Gasteiger partial charge on any atom is -0.333 e. The van der Waals surface area contributed by atoms with Gasteiger partial charge in [0.05, 0.1) is 23.0 Å². The van der Waals surface area contributed by atoms with Crippen LogP contribution in [0.25, 0.3) is 11.0 Å². The first-order chi connectivity index (χ1) is 8.86. The molecule has 1 aromatic carbocycles. The number of benzene rings is 1. The molecule has 0 radical (unpaired) electrons. The number of nitriles is 1. The predicted molar refractivity (Wildman–Crippen MR) is 73.3 cm³/mol. The van der Waals surface area contributed by atoms with E-state index in [0.717, 1.165) is 29.0 Å². The SMILES string of the molecule is N#CC1CCCCC1Sc1nc2ccccc2[nH]1. The summed E-state index contributed by atoms with van der Waals surface area (Å²) >= 11 is 1.73. The van der Waals surface area contributed by atoms with Crippen LogP contribution >= 0.6 is 11.8 Å². The second kappa shape index (κ2) is 5.03. The third kappa shape index (κ3) is 2.23. The molecule has 0 aliphatic heterocycles. The van der Waals surface area contributed by atoms with Crippen molar-refractivity contribution in [3.05, 3.63) is 24.3 Å². The molecule has 1 N–H and O–H groups in total. The molecule has 1 aliphatic carbocycles. The van der Waals surface area contributed by atoms with Gasteiger partial charge in [-0.2, -0.15) is 5.26 Å². The maximum absolute atomic E-state index is 9.19. The zero-order chi connectivity index (χ0) is 12.4. The zero-order valence-electron chi connectivity index (χ0n) is 10.1. The largest absolute Gasteiger partial charge is 0.333 e. The van der Waals surface area contributed by atoms with E-state index >= 15 is 0 Å². The second-order valence-corrected chi connectivity index (χ2v) is 5.96. The molecule has 2 aromatic rings. The van der Waals surface area contributed by atoms with E-state index in [1.807, 2.05) is 24.3 Å². The molecule has 0 saturated heterocycles. The number of rotatable bonds is 2. The molecule has 1 heterocycles. The Morgan fingerprint density at radius 3 is 2.94 bits per heavy atom. The van der Waals surface area contributed by atoms with E-state index in [2.05, 4.69) is 16.0 Å². The standard InChI is InChI=1S/C14H15N3S/c15-9-10-5-1-4-8-13(10)18-14-16-11-6-2-3-7-12(11)17-14/h2-3,6-7,10,13H,1,4-5,8H2,(H,16,17). The van der Waals surface area contributed by atoms with Gasteiger partial charge < -0.3 is 4.98 Å². The van der Waals surface area contributed by atoms with E-state index in [4.69, 9.17) is 0 Å². The average molecular weight is 257 g/mol. The van der Waals surface area contributed by atoms with Gasteiger partial charge in [-0.3, -0.25) is 0 Å². The van der Waals surface area contributed by atoms with Crippen LogP contribution in [0.15, 0.2) is 29.4 Å². The van der Waals surface area contributed by atoms with Gasteiger partial charge in [-0.25, -0.2) is 4.98 Å². The lowest BCUT2D eigenvalue weighted by molar-refractivity contribution is 0.439. The van der Waals surface area contributed by atoms with Gasteiger partial charge in [-0.1, -0.05) is 36.7 Å². The number of nitrogens with one attached hydrogen (secondary N) is 1. The van der Waals surface area contributed by atoms with Gasteiger partial charge in [0.15, 0.2) is 5.16 Å². The van der Waals surface area contributed by atoms with Crippen molar-refractivity contribution in [3.63, 3.8) is 0 Å². The van der Waals surface area contributed by atoms with Gasteiger partial charge in [0, 0.05) is 5.25 Å². The molecule has 4 heteroatoms. The van der Waals surface area contributed by atoms with Gasteiger partial charge in [0.2, 0.25) is 0 Å². The summed E-state index contributed by atoms with van der Waals surface area (Å²) < 4.78 is 0. The van der Waals surface area contributed by atoms with Crippen molar-refractivity contribution in [2.75, 3.05) is 0 Å². The highest BCUT2D eigenvalue weighted by Gasteiger charge is 2.26. The maximum Gasteiger partial charge on any atom is 0.166 e. The van der Waals surface area contributed by atoms with E-state index in [1.54, 1.807) is 11.8 Å². The van der Waals surface area contributed by atoms with Gasteiger partial charge in [0.1, 0.15) is 0 Å². The summed E-state index contributed by atoms with van der Waals surface area (Å²) in [6.07, 6.45) is 4.58. The Kier molecular flexibility index (Phi) is 3.24. The van der Waals surface area contributed by atoms with Crippen LogP contribution in [0.2, 0.25) is 0 Å². The minimum absolute atomic E-state index is 0.178. The molecule has 2 atom stereocenters. The number of thioether (sulfide) groups is 1. The number of aromatic amines is 1. The average Bonchev–Trinajstić information content (AvgIpc) is 2.81. The van der Waals surface area contributed by atoms with Crippen molar-refractivity contribution in [2.24, 2.45) is 5.92 Å². The summed E-state index contributed by atoms with van der Waals surface area (Å²) in [6.45, 7) is 0. The topological polar surface area (TPSA) is 52.5 Å². The fourth-order valence-electron chi connectivity index (χ4n) is 2.51. The smallest absolute Gasteiger partial charge is 0.166 e. The van der Waals surface area contributed by atoms with Crippen LogP contribution in [0.4, 0.5) is 0 Å². The van der Waals surface area contributed by atoms with Crippen molar-refractivity contribution >= 4 is 22.8 Å². The molecule has 1 aromatic heterocycles. The van der Waals surface area contributed by atoms with Crippen LogP contribution in [0.1, 0.15) is 25.7 Å². The van der Waals surface area contributed by atoms with Gasteiger partial charge in [-0.05, 0) is 25.0 Å². The monoisotopic (exact) mass is 257 g/mol. The fraction of sp³-hybridized carbons (Fsp3) is 0.429. The highest BCUT2D eigenvalue weighted by molar-refractivity contribution is 7.99. The van der Waals surface area contributed by atoms with Crippen molar-refractivity contribution in [1.29, 1.82) is 5.26 Å². The number of para-hydroxylation sites is 2. The molecular weight excluding hydrogens is 242 g/mol. The lowest BCUT2D eigenvalue weighted by atomic mass is 9.90. The van der Waals surface area contributed by atoms with Crippen molar-refractivity contribution in [2.45, 2.75) is 36.1 Å². The Balaban J connectivity index is 1.81. The molecule has 1 aliphatic rings. The van der Waals surface area contributed by atoms with Crippen LogP contribution in [0.3, 0.4) is 0 Å². The number of fused-ring (bicyclic) bond motifs is 1. The Morgan fingerprint density at radius 1 is 1.28 bits per heavy atom. The first-order valence-corrected chi connectivity index (χ1v) is 7.26. The minimum atomic E-state index is 0.178. The number of aromatic nitrogens is 2. The van der Waals surface area contributed by atoms with Gasteiger partial charge >= 0.3 is 0 Å². The van der Waals surface area contributed by atoms with Crippen molar-refractivity contribution < 1.29 is 0 Å². The van der Waals surface area contributed by atoms with E-state index in [-0.39, 0.29) is 5.92 Å². The summed E-state index contributed by atoms with van der Waals surface area (Å²) in [6, 6.07) is 10.5. The summed E-state index contributed by atoms with van der Waals surface area (Å²) in [7, 11) is 0. The first kappa shape index (κ1) is 11.6. The second-order valence-electron chi connectivity index (χ2n) is 4.74. The molecule has 0 bridgehead atoms. The Labute approximate surface area is 111 Å². The van der Waals surface area contributed by atoms with Crippen LogP contribution < -0.4 is 0 Å². The lowest BCUT2D eigenvalue weighted by Crippen LogP contribution is -2.20. The van der Waals surface area contributed by atoms with Crippen LogP contribution in [-0.2, 0) is 0 Å². The van der Waals surface area contributed by atoms with Crippen LogP contribution in [0.5, 0.6) is 0 Å². The summed E-state index contributed by atoms with van der Waals surface area (Å²) in [5.74, 6) is 0.178. The first-order valence-electron chi connectivity index (χ1n) is 6.38. The van der Waals surface area contributed by atoms with E-state index in [1.165, 1.54) is 12.8 Å². The number of H-pyrrole nitrogens is 1. The van der Waals surface area contributed by atoms with Crippen molar-refractivity contribution in [1.82, 2.24) is 9.97 Å². The Bertz CT molecular complexity index is 551. The molecule has 18 heavy (non-hydrogen) atoms. The summed E-state index contributed by atoms with van der Waals surface area (Å²) in [5.41, 5.74) is 2.08. The Morgan fingerprint density at radius 2 is 2.11 bits per heavy atom. The summed E-state index contributed by atoms with van der Waals surface area (Å²) in [5, 5.41) is 10.5. The van der Waals surface area contributed by atoms with E-state index < -0.39 is 0 Å². The molecule has 3 rings (SSSR count). The highest BCUT2D eigenvalue weighted by atomic mass is 32.2. The third-order valence-corrected chi connectivity index (χ3v) is 4.78. The molecule has 0 amide bonds. The van der Waals surface area contributed by atoms with Crippen LogP contribution in [-0.4, -0.2) is 15.2 Å².